The summed E-state index contributed by atoms with van der Waals surface area (Å²) in [6, 6.07) is 5.58. The SMILES string of the molecule is C=CC(=O)OOc1ccccc1F. The lowest BCUT2D eigenvalue weighted by atomic mass is 10.3. The number of hydrogen-bond donors (Lipinski definition) is 0. The Morgan fingerprint density at radius 3 is 2.77 bits per heavy atom. The van der Waals surface area contributed by atoms with Crippen LogP contribution in [0, 0.1) is 5.82 Å². The maximum atomic E-state index is 12.8. The zero-order valence-electron chi connectivity index (χ0n) is 6.70. The predicted molar refractivity (Wildman–Crippen MR) is 43.3 cm³/mol. The smallest absolute Gasteiger partial charge is 0.283 e. The van der Waals surface area contributed by atoms with E-state index in [1.54, 1.807) is 6.07 Å². The first-order chi connectivity index (χ1) is 6.24. The van der Waals surface area contributed by atoms with E-state index in [1.165, 1.54) is 18.2 Å². The van der Waals surface area contributed by atoms with Crippen molar-refractivity contribution >= 4 is 5.97 Å². The third-order valence-corrected chi connectivity index (χ3v) is 1.22. The molecule has 0 saturated carbocycles. The summed E-state index contributed by atoms with van der Waals surface area (Å²) in [4.78, 5) is 19.1. The fourth-order valence-corrected chi connectivity index (χ4v) is 0.632. The lowest BCUT2D eigenvalue weighted by Gasteiger charge is -2.01. The van der Waals surface area contributed by atoms with E-state index in [9.17, 15) is 9.18 Å². The maximum absolute atomic E-state index is 12.8. The summed E-state index contributed by atoms with van der Waals surface area (Å²) >= 11 is 0. The summed E-state index contributed by atoms with van der Waals surface area (Å²) in [7, 11) is 0. The lowest BCUT2D eigenvalue weighted by Crippen LogP contribution is -2.04. The minimum Gasteiger partial charge on any atom is -0.283 e. The van der Waals surface area contributed by atoms with Gasteiger partial charge in [-0.1, -0.05) is 18.7 Å². The Bertz CT molecular complexity index is 322. The summed E-state index contributed by atoms with van der Waals surface area (Å²) in [6.45, 7) is 3.15. The summed E-state index contributed by atoms with van der Waals surface area (Å²) in [6.07, 6.45) is 0.918. The molecule has 0 unspecified atom stereocenters. The van der Waals surface area contributed by atoms with E-state index in [4.69, 9.17) is 0 Å². The molecule has 0 aliphatic heterocycles. The standard InChI is InChI=1S/C9H7FO3/c1-2-9(11)13-12-8-6-4-3-5-7(8)10/h2-6H,1H2. The summed E-state index contributed by atoms with van der Waals surface area (Å²) in [5.74, 6) is -1.51. The first-order valence-corrected chi connectivity index (χ1v) is 3.49. The molecular formula is C9H7FO3. The fourth-order valence-electron chi connectivity index (χ4n) is 0.632. The van der Waals surface area contributed by atoms with Crippen LogP contribution in [0.15, 0.2) is 36.9 Å². The van der Waals surface area contributed by atoms with Gasteiger partial charge in [-0.25, -0.2) is 14.1 Å². The van der Waals surface area contributed by atoms with Gasteiger partial charge >= 0.3 is 5.97 Å². The molecule has 0 aliphatic rings. The zero-order chi connectivity index (χ0) is 9.68. The molecule has 68 valence electrons. The van der Waals surface area contributed by atoms with Crippen molar-refractivity contribution in [1.29, 1.82) is 0 Å². The van der Waals surface area contributed by atoms with Gasteiger partial charge in [-0.3, -0.25) is 4.89 Å². The van der Waals surface area contributed by atoms with E-state index in [1.807, 2.05) is 0 Å². The van der Waals surface area contributed by atoms with Crippen molar-refractivity contribution in [3.63, 3.8) is 0 Å². The van der Waals surface area contributed by atoms with Crippen LogP contribution in [-0.4, -0.2) is 5.97 Å². The highest BCUT2D eigenvalue weighted by Crippen LogP contribution is 2.15. The Morgan fingerprint density at radius 2 is 2.15 bits per heavy atom. The molecule has 1 rings (SSSR count). The van der Waals surface area contributed by atoms with Crippen LogP contribution in [0.25, 0.3) is 0 Å². The number of carbonyl (C=O) groups is 1. The lowest BCUT2D eigenvalue weighted by molar-refractivity contribution is -0.208. The maximum Gasteiger partial charge on any atom is 0.378 e. The number of carbonyl (C=O) groups excluding carboxylic acids is 1. The minimum absolute atomic E-state index is 0.141. The number of halogens is 1. The predicted octanol–water partition coefficient (Wildman–Crippen LogP) is 1.85. The van der Waals surface area contributed by atoms with Crippen LogP contribution >= 0.6 is 0 Å². The normalized spacial score (nSPS) is 9.00. The molecule has 0 bridgehead atoms. The van der Waals surface area contributed by atoms with Gasteiger partial charge in [-0.05, 0) is 12.1 Å². The van der Waals surface area contributed by atoms with Gasteiger partial charge in [0.15, 0.2) is 5.82 Å². The molecule has 4 heteroatoms. The van der Waals surface area contributed by atoms with Gasteiger partial charge in [0.1, 0.15) is 0 Å². The highest BCUT2D eigenvalue weighted by Gasteiger charge is 2.04. The van der Waals surface area contributed by atoms with Crippen molar-refractivity contribution in [3.05, 3.63) is 42.7 Å². The van der Waals surface area contributed by atoms with Crippen LogP contribution in [-0.2, 0) is 9.68 Å². The van der Waals surface area contributed by atoms with Crippen molar-refractivity contribution in [1.82, 2.24) is 0 Å². The molecule has 3 nitrogen and oxygen atoms in total. The molecule has 0 fully saturated rings. The summed E-state index contributed by atoms with van der Waals surface area (Å²) in [5.41, 5.74) is 0. The third-order valence-electron chi connectivity index (χ3n) is 1.22. The number of rotatable bonds is 3. The van der Waals surface area contributed by atoms with E-state index in [-0.39, 0.29) is 5.75 Å². The molecule has 0 N–H and O–H groups in total. The van der Waals surface area contributed by atoms with Crippen molar-refractivity contribution in [2.24, 2.45) is 0 Å². The molecule has 0 amide bonds. The van der Waals surface area contributed by atoms with Gasteiger partial charge in [-0.2, -0.15) is 0 Å². The van der Waals surface area contributed by atoms with E-state index >= 15 is 0 Å². The molecule has 0 heterocycles. The molecular weight excluding hydrogens is 175 g/mol. The molecule has 1 aromatic carbocycles. The minimum atomic E-state index is -0.775. The largest absolute Gasteiger partial charge is 0.378 e. The van der Waals surface area contributed by atoms with Gasteiger partial charge in [-0.15, -0.1) is 0 Å². The van der Waals surface area contributed by atoms with Crippen molar-refractivity contribution in [2.45, 2.75) is 0 Å². The summed E-state index contributed by atoms with van der Waals surface area (Å²) < 4.78 is 12.8. The number of para-hydroxylation sites is 1. The van der Waals surface area contributed by atoms with Crippen LogP contribution in [0.4, 0.5) is 4.39 Å². The molecule has 13 heavy (non-hydrogen) atoms. The van der Waals surface area contributed by atoms with Gasteiger partial charge in [0.25, 0.3) is 0 Å². The molecule has 0 aromatic heterocycles. The van der Waals surface area contributed by atoms with Crippen LogP contribution in [0.2, 0.25) is 0 Å². The van der Waals surface area contributed by atoms with Crippen molar-refractivity contribution in [3.8, 4) is 5.75 Å². The molecule has 0 atom stereocenters. The Morgan fingerprint density at radius 1 is 1.46 bits per heavy atom. The first kappa shape index (κ1) is 9.25. The van der Waals surface area contributed by atoms with E-state index < -0.39 is 11.8 Å². The monoisotopic (exact) mass is 182 g/mol. The Kier molecular flexibility index (Phi) is 3.03. The second-order valence-electron chi connectivity index (χ2n) is 2.12. The number of hydrogen-bond acceptors (Lipinski definition) is 3. The topological polar surface area (TPSA) is 35.5 Å². The van der Waals surface area contributed by atoms with E-state index in [2.05, 4.69) is 16.4 Å². The van der Waals surface area contributed by atoms with Gasteiger partial charge in [0.2, 0.25) is 5.75 Å². The van der Waals surface area contributed by atoms with Gasteiger partial charge in [0.05, 0.1) is 0 Å². The first-order valence-electron chi connectivity index (χ1n) is 3.49. The average molecular weight is 182 g/mol. The fraction of sp³-hybridized carbons (Fsp3) is 0. The molecule has 0 radical (unpaired) electrons. The number of benzene rings is 1. The van der Waals surface area contributed by atoms with Crippen LogP contribution in [0.5, 0.6) is 5.75 Å². The van der Waals surface area contributed by atoms with Crippen LogP contribution in [0.3, 0.4) is 0 Å². The molecule has 0 aliphatic carbocycles. The van der Waals surface area contributed by atoms with E-state index in [0.717, 1.165) is 6.08 Å². The van der Waals surface area contributed by atoms with Gasteiger partial charge < -0.3 is 0 Å². The Labute approximate surface area is 74.3 Å². The second kappa shape index (κ2) is 4.25. The molecule has 0 spiro atoms. The van der Waals surface area contributed by atoms with Crippen molar-refractivity contribution < 1.29 is 19.0 Å². The Balaban J connectivity index is 2.59. The second-order valence-corrected chi connectivity index (χ2v) is 2.12. The highest BCUT2D eigenvalue weighted by molar-refractivity contribution is 5.80. The third kappa shape index (κ3) is 2.59. The van der Waals surface area contributed by atoms with Crippen LogP contribution in [0.1, 0.15) is 0 Å². The molecule has 0 saturated heterocycles. The van der Waals surface area contributed by atoms with Crippen LogP contribution < -0.4 is 4.89 Å². The summed E-state index contributed by atoms with van der Waals surface area (Å²) in [5, 5.41) is 0. The zero-order valence-corrected chi connectivity index (χ0v) is 6.70. The Hall–Kier alpha value is -1.84. The highest BCUT2D eigenvalue weighted by atomic mass is 19.1. The van der Waals surface area contributed by atoms with E-state index in [0.29, 0.717) is 0 Å². The molecule has 1 aromatic rings. The van der Waals surface area contributed by atoms with Gasteiger partial charge in [0, 0.05) is 6.08 Å². The van der Waals surface area contributed by atoms with Crippen molar-refractivity contribution in [2.75, 3.05) is 0 Å². The quantitative estimate of drug-likeness (QED) is 0.406. The average Bonchev–Trinajstić information content (AvgIpc) is 2.16.